The van der Waals surface area contributed by atoms with E-state index in [1.165, 1.54) is 0 Å². The van der Waals surface area contributed by atoms with Crippen molar-refractivity contribution < 1.29 is 0 Å². The molecule has 0 aliphatic heterocycles. The van der Waals surface area contributed by atoms with Crippen LogP contribution in [-0.2, 0) is 6.42 Å². The van der Waals surface area contributed by atoms with Gasteiger partial charge in [-0.3, -0.25) is 4.79 Å². The first kappa shape index (κ1) is 8.97. The van der Waals surface area contributed by atoms with Crippen molar-refractivity contribution in [3.8, 4) is 0 Å². The fraction of sp³-hybridized carbons (Fsp3) is 0.182. The Morgan fingerprint density at radius 2 is 2.07 bits per heavy atom. The van der Waals surface area contributed by atoms with Gasteiger partial charge in [0.05, 0.1) is 0 Å². The molecule has 3 heteroatoms. The van der Waals surface area contributed by atoms with Crippen molar-refractivity contribution >= 4 is 10.9 Å². The number of pyridine rings is 1. The Morgan fingerprint density at radius 1 is 1.29 bits per heavy atom. The quantitative estimate of drug-likeness (QED) is 0.739. The second kappa shape index (κ2) is 3.64. The third kappa shape index (κ3) is 1.54. The highest BCUT2D eigenvalue weighted by atomic mass is 16.1. The summed E-state index contributed by atoms with van der Waals surface area (Å²) in [5, 5.41) is 0.730. The van der Waals surface area contributed by atoms with E-state index in [0.29, 0.717) is 13.0 Å². The lowest BCUT2D eigenvalue weighted by Crippen LogP contribution is -2.09. The summed E-state index contributed by atoms with van der Waals surface area (Å²) in [7, 11) is 0. The number of hydrogen-bond donors (Lipinski definition) is 2. The molecule has 0 unspecified atom stereocenters. The minimum Gasteiger partial charge on any atom is -0.358 e. The normalized spacial score (nSPS) is 10.6. The van der Waals surface area contributed by atoms with Crippen LogP contribution in [0.4, 0.5) is 0 Å². The van der Waals surface area contributed by atoms with Crippen molar-refractivity contribution in [1.29, 1.82) is 0 Å². The molecule has 0 aliphatic carbocycles. The van der Waals surface area contributed by atoms with Gasteiger partial charge in [0.2, 0.25) is 0 Å². The predicted molar refractivity (Wildman–Crippen MR) is 57.3 cm³/mol. The Bertz CT molecular complexity index is 502. The van der Waals surface area contributed by atoms with E-state index in [9.17, 15) is 4.79 Å². The van der Waals surface area contributed by atoms with E-state index < -0.39 is 0 Å². The fourth-order valence-electron chi connectivity index (χ4n) is 1.54. The third-order valence-corrected chi connectivity index (χ3v) is 2.21. The van der Waals surface area contributed by atoms with Gasteiger partial charge in [0.15, 0.2) is 5.43 Å². The molecule has 2 rings (SSSR count). The van der Waals surface area contributed by atoms with Crippen LogP contribution in [-0.4, -0.2) is 11.5 Å². The standard InChI is InChI=1S/C11H12N2O/c12-6-5-8-7-11(14)9-3-1-2-4-10(9)13-8/h1-4,7H,5-6,12H2,(H,13,14). The van der Waals surface area contributed by atoms with Crippen LogP contribution in [0.15, 0.2) is 35.1 Å². The molecule has 0 spiro atoms. The van der Waals surface area contributed by atoms with Gasteiger partial charge >= 0.3 is 0 Å². The van der Waals surface area contributed by atoms with E-state index in [1.807, 2.05) is 24.3 Å². The summed E-state index contributed by atoms with van der Waals surface area (Å²) in [5.74, 6) is 0. The number of hydrogen-bond acceptors (Lipinski definition) is 2. The van der Waals surface area contributed by atoms with Crippen LogP contribution in [0.1, 0.15) is 5.69 Å². The molecule has 1 aromatic heterocycles. The number of nitrogens with one attached hydrogen (secondary N) is 1. The molecular weight excluding hydrogens is 176 g/mol. The average Bonchev–Trinajstić information content (AvgIpc) is 2.18. The molecular formula is C11H12N2O. The molecule has 1 heterocycles. The Balaban J connectivity index is 2.66. The first-order valence-corrected chi connectivity index (χ1v) is 4.62. The topological polar surface area (TPSA) is 58.9 Å². The lowest BCUT2D eigenvalue weighted by Gasteiger charge is -2.01. The minimum atomic E-state index is 0.0581. The Labute approximate surface area is 81.6 Å². The van der Waals surface area contributed by atoms with Gasteiger partial charge < -0.3 is 10.7 Å². The predicted octanol–water partition coefficient (Wildman–Crippen LogP) is 1.03. The second-order valence-electron chi connectivity index (χ2n) is 3.24. The van der Waals surface area contributed by atoms with Crippen LogP contribution in [0.3, 0.4) is 0 Å². The molecule has 0 saturated carbocycles. The maximum absolute atomic E-state index is 11.6. The Kier molecular flexibility index (Phi) is 2.33. The molecule has 0 saturated heterocycles. The van der Waals surface area contributed by atoms with Gasteiger partial charge in [-0.05, 0) is 25.1 Å². The second-order valence-corrected chi connectivity index (χ2v) is 3.24. The number of H-pyrrole nitrogens is 1. The molecule has 72 valence electrons. The first-order valence-electron chi connectivity index (χ1n) is 4.62. The maximum Gasteiger partial charge on any atom is 0.189 e. The number of nitrogens with two attached hydrogens (primary N) is 1. The number of rotatable bonds is 2. The van der Waals surface area contributed by atoms with Crippen LogP contribution in [0.5, 0.6) is 0 Å². The largest absolute Gasteiger partial charge is 0.358 e. The molecule has 2 aromatic rings. The first-order chi connectivity index (χ1) is 6.81. The molecule has 0 radical (unpaired) electrons. The summed E-state index contributed by atoms with van der Waals surface area (Å²) < 4.78 is 0. The lowest BCUT2D eigenvalue weighted by atomic mass is 10.2. The van der Waals surface area contributed by atoms with Gasteiger partial charge in [0, 0.05) is 22.7 Å². The summed E-state index contributed by atoms with van der Waals surface area (Å²) in [6.07, 6.45) is 0.708. The zero-order chi connectivity index (χ0) is 9.97. The van der Waals surface area contributed by atoms with Gasteiger partial charge in [-0.2, -0.15) is 0 Å². The van der Waals surface area contributed by atoms with E-state index >= 15 is 0 Å². The van der Waals surface area contributed by atoms with Gasteiger partial charge in [-0.15, -0.1) is 0 Å². The van der Waals surface area contributed by atoms with Gasteiger partial charge in [0.25, 0.3) is 0 Å². The number of aromatic nitrogens is 1. The highest BCUT2D eigenvalue weighted by molar-refractivity contribution is 5.78. The van der Waals surface area contributed by atoms with E-state index in [-0.39, 0.29) is 5.43 Å². The van der Waals surface area contributed by atoms with Crippen molar-refractivity contribution in [3.63, 3.8) is 0 Å². The molecule has 1 aromatic carbocycles. The van der Waals surface area contributed by atoms with Crippen molar-refractivity contribution in [1.82, 2.24) is 4.98 Å². The molecule has 0 bridgehead atoms. The van der Waals surface area contributed by atoms with Crippen molar-refractivity contribution in [2.45, 2.75) is 6.42 Å². The van der Waals surface area contributed by atoms with Crippen LogP contribution in [0.25, 0.3) is 10.9 Å². The summed E-state index contributed by atoms with van der Waals surface area (Å²) in [4.78, 5) is 14.8. The van der Waals surface area contributed by atoms with Crippen molar-refractivity contribution in [3.05, 3.63) is 46.2 Å². The van der Waals surface area contributed by atoms with Crippen LogP contribution >= 0.6 is 0 Å². The summed E-state index contributed by atoms with van der Waals surface area (Å²) in [6.45, 7) is 0.550. The summed E-state index contributed by atoms with van der Waals surface area (Å²) >= 11 is 0. The molecule has 0 aliphatic rings. The zero-order valence-electron chi connectivity index (χ0n) is 7.79. The van der Waals surface area contributed by atoms with Crippen LogP contribution in [0.2, 0.25) is 0 Å². The van der Waals surface area contributed by atoms with E-state index in [1.54, 1.807) is 6.07 Å². The molecule has 14 heavy (non-hydrogen) atoms. The van der Waals surface area contributed by atoms with Crippen LogP contribution in [0, 0.1) is 0 Å². The highest BCUT2D eigenvalue weighted by Crippen LogP contribution is 2.06. The van der Waals surface area contributed by atoms with E-state index in [2.05, 4.69) is 4.98 Å². The van der Waals surface area contributed by atoms with Crippen LogP contribution < -0.4 is 11.2 Å². The average molecular weight is 188 g/mol. The number of para-hydroxylation sites is 1. The smallest absolute Gasteiger partial charge is 0.189 e. The van der Waals surface area contributed by atoms with E-state index in [0.717, 1.165) is 16.6 Å². The number of fused-ring (bicyclic) bond motifs is 1. The van der Waals surface area contributed by atoms with Crippen molar-refractivity contribution in [2.75, 3.05) is 6.54 Å². The minimum absolute atomic E-state index is 0.0581. The lowest BCUT2D eigenvalue weighted by molar-refractivity contribution is 0.930. The molecule has 0 amide bonds. The van der Waals surface area contributed by atoms with Gasteiger partial charge in [-0.1, -0.05) is 12.1 Å². The maximum atomic E-state index is 11.6. The molecule has 3 nitrogen and oxygen atoms in total. The van der Waals surface area contributed by atoms with Crippen molar-refractivity contribution in [2.24, 2.45) is 5.73 Å². The Morgan fingerprint density at radius 3 is 2.86 bits per heavy atom. The zero-order valence-corrected chi connectivity index (χ0v) is 7.79. The molecule has 0 fully saturated rings. The number of aromatic amines is 1. The van der Waals surface area contributed by atoms with Gasteiger partial charge in [0.1, 0.15) is 0 Å². The highest BCUT2D eigenvalue weighted by Gasteiger charge is 1.99. The summed E-state index contributed by atoms with van der Waals surface area (Å²) in [6, 6.07) is 9.11. The molecule has 3 N–H and O–H groups in total. The fourth-order valence-corrected chi connectivity index (χ4v) is 1.54. The summed E-state index contributed by atoms with van der Waals surface area (Å²) in [5.41, 5.74) is 7.27. The van der Waals surface area contributed by atoms with E-state index in [4.69, 9.17) is 5.73 Å². The number of benzene rings is 1. The third-order valence-electron chi connectivity index (χ3n) is 2.21. The van der Waals surface area contributed by atoms with Gasteiger partial charge in [-0.25, -0.2) is 0 Å². The Hall–Kier alpha value is -1.61. The molecule has 0 atom stereocenters. The SMILES string of the molecule is NCCc1cc(=O)c2ccccc2[nH]1. The monoisotopic (exact) mass is 188 g/mol.